The Balaban J connectivity index is 0.000000187. The topological polar surface area (TPSA) is 182 Å². The number of nitrogens with one attached hydrogen (secondary N) is 1. The Kier molecular flexibility index (Phi) is 6.69. The highest BCUT2D eigenvalue weighted by atomic mass is 16.3. The first-order chi connectivity index (χ1) is 17.4. The number of carbonyl (C=O) groups is 1. The normalized spacial score (nSPS) is 10.2. The Morgan fingerprint density at radius 3 is 2.53 bits per heavy atom. The van der Waals surface area contributed by atoms with Crippen molar-refractivity contribution >= 4 is 34.0 Å². The highest BCUT2D eigenvalue weighted by Gasteiger charge is 2.17. The summed E-state index contributed by atoms with van der Waals surface area (Å²) in [7, 11) is 0. The number of nitrogen functional groups attached to an aromatic ring is 2. The number of aromatic nitrogens is 5. The molecule has 5 aromatic rings. The number of fused-ring (bicyclic) bond motifs is 1. The maximum atomic E-state index is 12.4. The first-order valence-electron chi connectivity index (χ1n) is 10.6. The summed E-state index contributed by atoms with van der Waals surface area (Å²) >= 11 is 0. The number of aromatic hydroxyl groups is 1. The van der Waals surface area contributed by atoms with Crippen LogP contribution >= 0.6 is 0 Å². The van der Waals surface area contributed by atoms with Gasteiger partial charge in [0.15, 0.2) is 5.75 Å². The fraction of sp³-hybridized carbons (Fsp3) is 0.0400. The number of anilines is 3. The molecule has 0 aliphatic carbocycles. The first-order valence-corrected chi connectivity index (χ1v) is 10.6. The third kappa shape index (κ3) is 4.87. The molecule has 1 amide bonds. The molecule has 0 saturated carbocycles. The molecular weight excluding hydrogens is 458 g/mol. The van der Waals surface area contributed by atoms with E-state index in [1.54, 1.807) is 42.7 Å². The molecule has 178 valence electrons. The van der Waals surface area contributed by atoms with Crippen LogP contribution in [0.15, 0.2) is 73.2 Å². The monoisotopic (exact) mass is 479 g/mol. The number of rotatable bonds is 3. The lowest BCUT2D eigenvalue weighted by Gasteiger charge is -2.11. The van der Waals surface area contributed by atoms with Gasteiger partial charge in [-0.1, -0.05) is 30.3 Å². The smallest absolute Gasteiger partial charge is 0.260 e. The molecule has 0 spiro atoms. The third-order valence-corrected chi connectivity index (χ3v) is 5.10. The molecule has 3 heterocycles. The summed E-state index contributed by atoms with van der Waals surface area (Å²) in [5.74, 6) is 0.359. The van der Waals surface area contributed by atoms with Gasteiger partial charge in [-0.25, -0.2) is 15.0 Å². The van der Waals surface area contributed by atoms with Crippen LogP contribution in [0, 0.1) is 18.3 Å². The number of nitrogens with two attached hydrogens (primary N) is 2. The number of phenols is 1. The minimum absolute atomic E-state index is 0.125. The molecule has 0 radical (unpaired) electrons. The van der Waals surface area contributed by atoms with Gasteiger partial charge >= 0.3 is 0 Å². The number of nitrogens with zero attached hydrogens (tertiary/aromatic N) is 6. The van der Waals surface area contributed by atoms with Crippen molar-refractivity contribution in [2.24, 2.45) is 0 Å². The van der Waals surface area contributed by atoms with E-state index in [9.17, 15) is 9.90 Å². The second-order valence-corrected chi connectivity index (χ2v) is 7.54. The number of carbonyl (C=O) groups excluding carboxylic acids is 1. The van der Waals surface area contributed by atoms with E-state index in [4.69, 9.17) is 16.7 Å². The van der Waals surface area contributed by atoms with Gasteiger partial charge in [-0.15, -0.1) is 0 Å². The van der Waals surface area contributed by atoms with Gasteiger partial charge in [0.25, 0.3) is 11.9 Å². The molecule has 0 saturated heterocycles. The van der Waals surface area contributed by atoms with E-state index in [2.05, 4.69) is 25.4 Å². The second-order valence-electron chi connectivity index (χ2n) is 7.54. The summed E-state index contributed by atoms with van der Waals surface area (Å²) in [6.45, 7) is 1.83. The summed E-state index contributed by atoms with van der Waals surface area (Å²) in [6, 6.07) is 17.9. The standard InChI is InChI=1S/C17H15N3O2.C8H6N6/c1-10-5-4-8-14(19-10)20-17(22)13-9-11-6-2-3-7-12(11)15(18)16(13)21;9-4-6-5-13-14(7(6)10)8-11-2-1-3-12-8/h2-9,21H,18H2,1H3,(H,19,20,22);1-3,5H,10H2. The quantitative estimate of drug-likeness (QED) is 0.223. The predicted molar refractivity (Wildman–Crippen MR) is 135 cm³/mol. The van der Waals surface area contributed by atoms with Crippen molar-refractivity contribution in [3.63, 3.8) is 0 Å². The molecule has 0 fully saturated rings. The van der Waals surface area contributed by atoms with E-state index in [-0.39, 0.29) is 22.8 Å². The molecule has 0 aliphatic heterocycles. The van der Waals surface area contributed by atoms with Gasteiger partial charge in [0, 0.05) is 23.5 Å². The van der Waals surface area contributed by atoms with E-state index < -0.39 is 5.91 Å². The highest BCUT2D eigenvalue weighted by Crippen LogP contribution is 2.33. The van der Waals surface area contributed by atoms with Crippen LogP contribution in [0.4, 0.5) is 17.3 Å². The number of amides is 1. The van der Waals surface area contributed by atoms with E-state index in [0.29, 0.717) is 22.7 Å². The first kappa shape index (κ1) is 23.7. The van der Waals surface area contributed by atoms with E-state index in [1.807, 2.05) is 37.3 Å². The molecule has 2 aromatic carbocycles. The highest BCUT2D eigenvalue weighted by molar-refractivity contribution is 6.11. The number of hydrogen-bond acceptors (Lipinski definition) is 9. The molecule has 11 nitrogen and oxygen atoms in total. The molecule has 5 rings (SSSR count). The van der Waals surface area contributed by atoms with Gasteiger partial charge in [0.05, 0.1) is 17.4 Å². The SMILES string of the molecule is Cc1cccc(NC(=O)c2cc3ccccc3c(N)c2O)n1.N#Cc1cnn(-c2ncccn2)c1N. The maximum absolute atomic E-state index is 12.4. The zero-order valence-electron chi connectivity index (χ0n) is 19.1. The Labute approximate surface area is 205 Å². The number of hydrogen-bond donors (Lipinski definition) is 4. The van der Waals surface area contributed by atoms with Crippen molar-refractivity contribution in [3.8, 4) is 17.8 Å². The third-order valence-electron chi connectivity index (χ3n) is 5.10. The molecule has 3 aromatic heterocycles. The van der Waals surface area contributed by atoms with Crippen molar-refractivity contribution in [2.75, 3.05) is 16.8 Å². The van der Waals surface area contributed by atoms with Crippen molar-refractivity contribution in [2.45, 2.75) is 6.92 Å². The van der Waals surface area contributed by atoms with Crippen LogP contribution in [-0.4, -0.2) is 35.7 Å². The van der Waals surface area contributed by atoms with Gasteiger partial charge in [-0.05, 0) is 36.6 Å². The lowest BCUT2D eigenvalue weighted by atomic mass is 10.0. The lowest BCUT2D eigenvalue weighted by Crippen LogP contribution is -2.14. The van der Waals surface area contributed by atoms with E-state index in [1.165, 1.54) is 10.9 Å². The minimum Gasteiger partial charge on any atom is -0.505 e. The zero-order chi connectivity index (χ0) is 25.7. The van der Waals surface area contributed by atoms with Crippen molar-refractivity contribution in [1.29, 1.82) is 5.26 Å². The second kappa shape index (κ2) is 10.2. The van der Waals surface area contributed by atoms with Gasteiger partial charge < -0.3 is 21.9 Å². The molecular formula is C25H21N9O2. The van der Waals surface area contributed by atoms with Crippen LogP contribution < -0.4 is 16.8 Å². The van der Waals surface area contributed by atoms with Crippen molar-refractivity contribution in [1.82, 2.24) is 24.7 Å². The molecule has 11 heteroatoms. The number of phenolic OH excluding ortho intramolecular Hbond substituents is 1. The number of aryl methyl sites for hydroxylation is 1. The predicted octanol–water partition coefficient (Wildman–Crippen LogP) is 3.20. The molecule has 36 heavy (non-hydrogen) atoms. The Morgan fingerprint density at radius 2 is 1.83 bits per heavy atom. The largest absolute Gasteiger partial charge is 0.505 e. The number of pyridine rings is 1. The van der Waals surface area contributed by atoms with Gasteiger partial charge in [-0.2, -0.15) is 15.0 Å². The zero-order valence-corrected chi connectivity index (χ0v) is 19.1. The van der Waals surface area contributed by atoms with Gasteiger partial charge in [0.1, 0.15) is 23.3 Å². The van der Waals surface area contributed by atoms with E-state index in [0.717, 1.165) is 11.1 Å². The Bertz CT molecular complexity index is 1590. The van der Waals surface area contributed by atoms with Crippen LogP contribution in [-0.2, 0) is 0 Å². The molecule has 6 N–H and O–H groups in total. The number of benzene rings is 2. The van der Waals surface area contributed by atoms with Gasteiger partial charge in [-0.3, -0.25) is 4.79 Å². The fourth-order valence-electron chi connectivity index (χ4n) is 3.34. The average molecular weight is 480 g/mol. The van der Waals surface area contributed by atoms with Crippen LogP contribution in [0.3, 0.4) is 0 Å². The molecule has 0 aliphatic rings. The van der Waals surface area contributed by atoms with E-state index >= 15 is 0 Å². The summed E-state index contributed by atoms with van der Waals surface area (Å²) in [5, 5.41) is 26.9. The maximum Gasteiger partial charge on any atom is 0.260 e. The van der Waals surface area contributed by atoms with Crippen LogP contribution in [0.1, 0.15) is 21.6 Å². The average Bonchev–Trinajstić information content (AvgIpc) is 3.27. The summed E-state index contributed by atoms with van der Waals surface area (Å²) < 4.78 is 1.32. The Hall–Kier alpha value is -5.50. The molecule has 0 unspecified atom stereocenters. The van der Waals surface area contributed by atoms with Crippen LogP contribution in [0.2, 0.25) is 0 Å². The summed E-state index contributed by atoms with van der Waals surface area (Å²) in [4.78, 5) is 24.5. The number of nitriles is 1. The molecule has 0 atom stereocenters. The summed E-state index contributed by atoms with van der Waals surface area (Å²) in [5.41, 5.74) is 13.0. The minimum atomic E-state index is -0.451. The summed E-state index contributed by atoms with van der Waals surface area (Å²) in [6.07, 6.45) is 4.54. The van der Waals surface area contributed by atoms with Crippen LogP contribution in [0.25, 0.3) is 16.7 Å². The Morgan fingerprint density at radius 1 is 1.08 bits per heavy atom. The molecule has 0 bridgehead atoms. The fourth-order valence-corrected chi connectivity index (χ4v) is 3.34. The van der Waals surface area contributed by atoms with Crippen LogP contribution in [0.5, 0.6) is 5.75 Å². The lowest BCUT2D eigenvalue weighted by molar-refractivity contribution is 0.102. The van der Waals surface area contributed by atoms with Crippen molar-refractivity contribution in [3.05, 3.63) is 90.0 Å². The van der Waals surface area contributed by atoms with Gasteiger partial charge in [0.2, 0.25) is 0 Å². The van der Waals surface area contributed by atoms with Crippen molar-refractivity contribution < 1.29 is 9.90 Å².